The molecule has 0 aliphatic carbocycles. The summed E-state index contributed by atoms with van der Waals surface area (Å²) in [5.41, 5.74) is 3.90. The quantitative estimate of drug-likeness (QED) is 0.468. The summed E-state index contributed by atoms with van der Waals surface area (Å²) >= 11 is 0. The summed E-state index contributed by atoms with van der Waals surface area (Å²) in [6.45, 7) is 1.98. The van der Waals surface area contributed by atoms with Gasteiger partial charge in [-0.2, -0.15) is 21.9 Å². The second-order valence-corrected chi connectivity index (χ2v) is 7.44. The van der Waals surface area contributed by atoms with Crippen molar-refractivity contribution in [2.45, 2.75) is 6.92 Å². The fourth-order valence-electron chi connectivity index (χ4n) is 4.34. The Morgan fingerprint density at radius 3 is 1.21 bits per heavy atom. The van der Waals surface area contributed by atoms with E-state index in [4.69, 9.17) is 0 Å². The van der Waals surface area contributed by atoms with Crippen LogP contribution in [0.3, 0.4) is 0 Å². The van der Waals surface area contributed by atoms with Crippen molar-refractivity contribution < 1.29 is 13.2 Å². The largest absolute Gasteiger partial charge is 0.207 e. The van der Waals surface area contributed by atoms with E-state index in [0.717, 1.165) is 11.0 Å². The van der Waals surface area contributed by atoms with Crippen molar-refractivity contribution in [1.29, 1.82) is 0 Å². The lowest BCUT2D eigenvalue weighted by molar-refractivity contribution is 0.629. The summed E-state index contributed by atoms with van der Waals surface area (Å²) in [7, 11) is 0. The minimum atomic E-state index is -2.01. The molecule has 0 aliphatic rings. The van der Waals surface area contributed by atoms with E-state index in [0.29, 0.717) is 16.4 Å². The molecule has 0 atom stereocenters. The van der Waals surface area contributed by atoms with E-state index in [2.05, 4.69) is 0 Å². The van der Waals surface area contributed by atoms with E-state index in [9.17, 15) is 13.2 Å². The summed E-state index contributed by atoms with van der Waals surface area (Å²) in [4.78, 5) is 0. The maximum Gasteiger partial charge on any atom is 0.120 e. The van der Waals surface area contributed by atoms with Gasteiger partial charge in [0.05, 0.1) is 0 Å². The van der Waals surface area contributed by atoms with Gasteiger partial charge in [0.1, 0.15) is 23.6 Å². The lowest BCUT2D eigenvalue weighted by atomic mass is 9.13. The number of benzene rings is 4. The van der Waals surface area contributed by atoms with Crippen molar-refractivity contribution in [2.24, 2.45) is 0 Å². The highest BCUT2D eigenvalue weighted by atomic mass is 19.1. The average Bonchev–Trinajstić information content (AvgIpc) is 2.70. The molecule has 0 N–H and O–H groups in total. The highest BCUT2D eigenvalue weighted by Crippen LogP contribution is 2.12. The van der Waals surface area contributed by atoms with E-state index < -0.39 is 23.6 Å². The van der Waals surface area contributed by atoms with Crippen molar-refractivity contribution in [2.75, 3.05) is 0 Å². The molecule has 4 heteroatoms. The lowest BCUT2D eigenvalue weighted by Crippen LogP contribution is -2.75. The molecule has 144 valence electrons. The molecule has 0 aromatic heterocycles. The van der Waals surface area contributed by atoms with Crippen LogP contribution in [-0.4, -0.2) is 6.15 Å². The van der Waals surface area contributed by atoms with E-state index in [1.165, 1.54) is 36.4 Å². The van der Waals surface area contributed by atoms with Gasteiger partial charge in [-0.15, -0.1) is 0 Å². The Morgan fingerprint density at radius 1 is 0.483 bits per heavy atom. The SMILES string of the molecule is Cc1ccc([B-](c2cccc(F)c2)(c2cccc(F)c2)c2cccc(F)c2)cc1. The zero-order valence-electron chi connectivity index (χ0n) is 15.9. The second-order valence-electron chi connectivity index (χ2n) is 7.44. The molecule has 0 saturated heterocycles. The molecule has 0 heterocycles. The molecule has 0 saturated carbocycles. The van der Waals surface area contributed by atoms with Gasteiger partial charge in [-0.05, 0) is 25.1 Å². The fourth-order valence-corrected chi connectivity index (χ4v) is 4.34. The standard InChI is InChI=1S/C25H19BF3/c1-18-11-13-19(14-12-18)26(20-5-2-8-23(27)15-20,21-6-3-9-24(28)16-21)22-7-4-10-25(29)17-22/h2-17H,1H3/q-1. The third kappa shape index (κ3) is 3.47. The van der Waals surface area contributed by atoms with Crippen LogP contribution in [0.5, 0.6) is 0 Å². The van der Waals surface area contributed by atoms with Gasteiger partial charge in [0.15, 0.2) is 0 Å². The lowest BCUT2D eigenvalue weighted by Gasteiger charge is -2.44. The van der Waals surface area contributed by atoms with Crippen LogP contribution in [0.2, 0.25) is 0 Å². The zero-order chi connectivity index (χ0) is 20.4. The first-order chi connectivity index (χ1) is 14.0. The van der Waals surface area contributed by atoms with Gasteiger partial charge in [-0.3, -0.25) is 0 Å². The van der Waals surface area contributed by atoms with Crippen molar-refractivity contribution in [3.8, 4) is 0 Å². The molecule has 0 radical (unpaired) electrons. The summed E-state index contributed by atoms with van der Waals surface area (Å²) in [6, 6.07) is 26.7. The van der Waals surface area contributed by atoms with Crippen molar-refractivity contribution in [1.82, 2.24) is 0 Å². The van der Waals surface area contributed by atoms with Crippen LogP contribution < -0.4 is 21.9 Å². The third-order valence-corrected chi connectivity index (χ3v) is 5.62. The first-order valence-corrected chi connectivity index (χ1v) is 9.51. The van der Waals surface area contributed by atoms with Crippen molar-refractivity contribution in [3.05, 3.63) is 120 Å². The number of halogens is 3. The van der Waals surface area contributed by atoms with Gasteiger partial charge in [-0.1, -0.05) is 84.4 Å². The summed E-state index contributed by atoms with van der Waals surface area (Å²) in [6.07, 6.45) is -2.01. The Balaban J connectivity index is 2.17. The topological polar surface area (TPSA) is 0 Å². The predicted octanol–water partition coefficient (Wildman–Crippen LogP) is 3.79. The van der Waals surface area contributed by atoms with Crippen molar-refractivity contribution in [3.63, 3.8) is 0 Å². The van der Waals surface area contributed by atoms with Crippen LogP contribution in [0.25, 0.3) is 0 Å². The molecule has 29 heavy (non-hydrogen) atoms. The molecule has 0 aliphatic heterocycles. The molecule has 4 rings (SSSR count). The molecule has 4 aromatic rings. The van der Waals surface area contributed by atoms with Gasteiger partial charge < -0.3 is 0 Å². The van der Waals surface area contributed by atoms with E-state index in [1.54, 1.807) is 18.2 Å². The molecule has 0 bridgehead atoms. The summed E-state index contributed by atoms with van der Waals surface area (Å²) in [5, 5.41) is 0. The third-order valence-electron chi connectivity index (χ3n) is 5.62. The van der Waals surface area contributed by atoms with Crippen molar-refractivity contribution >= 4 is 28.0 Å². The van der Waals surface area contributed by atoms with Crippen LogP contribution in [0.4, 0.5) is 13.2 Å². The average molecular weight is 387 g/mol. The Morgan fingerprint density at radius 2 is 0.862 bits per heavy atom. The number of hydrogen-bond acceptors (Lipinski definition) is 0. The normalized spacial score (nSPS) is 11.4. The molecular weight excluding hydrogens is 368 g/mol. The van der Waals surface area contributed by atoms with Crippen LogP contribution in [0, 0.1) is 24.4 Å². The summed E-state index contributed by atoms with van der Waals surface area (Å²) in [5.74, 6) is -1.18. The Hall–Kier alpha value is -3.27. The first kappa shape index (κ1) is 19.1. The van der Waals surface area contributed by atoms with Crippen LogP contribution in [0.1, 0.15) is 5.56 Å². The zero-order valence-corrected chi connectivity index (χ0v) is 15.9. The molecule has 0 amide bonds. The highest BCUT2D eigenvalue weighted by molar-refractivity contribution is 7.19. The van der Waals surface area contributed by atoms with Crippen LogP contribution in [-0.2, 0) is 0 Å². The molecule has 0 spiro atoms. The molecule has 0 fully saturated rings. The smallest absolute Gasteiger partial charge is 0.120 e. The van der Waals surface area contributed by atoms with Gasteiger partial charge >= 0.3 is 0 Å². The molecule has 0 unspecified atom stereocenters. The highest BCUT2D eigenvalue weighted by Gasteiger charge is 2.32. The second kappa shape index (κ2) is 7.63. The van der Waals surface area contributed by atoms with Crippen LogP contribution >= 0.6 is 0 Å². The maximum absolute atomic E-state index is 14.3. The number of hydrogen-bond donors (Lipinski definition) is 0. The molecule has 4 aromatic carbocycles. The minimum absolute atomic E-state index is 0.395. The van der Waals surface area contributed by atoms with Gasteiger partial charge in [-0.25, -0.2) is 13.2 Å². The van der Waals surface area contributed by atoms with Gasteiger partial charge in [0.25, 0.3) is 0 Å². The Bertz CT molecular complexity index is 1040. The van der Waals surface area contributed by atoms with E-state index >= 15 is 0 Å². The van der Waals surface area contributed by atoms with Gasteiger partial charge in [0.2, 0.25) is 0 Å². The Kier molecular flexibility index (Phi) is 5.02. The van der Waals surface area contributed by atoms with E-state index in [-0.39, 0.29) is 0 Å². The predicted molar refractivity (Wildman–Crippen MR) is 115 cm³/mol. The van der Waals surface area contributed by atoms with Gasteiger partial charge in [0, 0.05) is 0 Å². The van der Waals surface area contributed by atoms with E-state index in [1.807, 2.05) is 49.4 Å². The summed E-state index contributed by atoms with van der Waals surface area (Å²) < 4.78 is 43.0. The maximum atomic E-state index is 14.3. The number of rotatable bonds is 4. The molecule has 0 nitrogen and oxygen atoms in total. The Labute approximate surface area is 168 Å². The fraction of sp³-hybridized carbons (Fsp3) is 0.0400. The van der Waals surface area contributed by atoms with Crippen LogP contribution in [0.15, 0.2) is 97.1 Å². The molecular formula is C25H19BF3-. The minimum Gasteiger partial charge on any atom is -0.207 e. The first-order valence-electron chi connectivity index (χ1n) is 9.51. The monoisotopic (exact) mass is 387 g/mol. The number of aryl methyl sites for hydroxylation is 1.